The third-order valence-corrected chi connectivity index (χ3v) is 14.2. The van der Waals surface area contributed by atoms with Gasteiger partial charge in [0.2, 0.25) is 0 Å². The number of carboxylic acids is 1. The van der Waals surface area contributed by atoms with Gasteiger partial charge in [-0.2, -0.15) is 0 Å². The van der Waals surface area contributed by atoms with Gasteiger partial charge >= 0.3 is 23.9 Å². The summed E-state index contributed by atoms with van der Waals surface area (Å²) < 4.78 is 28.5. The van der Waals surface area contributed by atoms with E-state index in [1.54, 1.807) is 0 Å². The van der Waals surface area contributed by atoms with Crippen LogP contribution >= 0.6 is 0 Å². The van der Waals surface area contributed by atoms with Crippen molar-refractivity contribution in [1.29, 1.82) is 0 Å². The zero-order valence-corrected chi connectivity index (χ0v) is 53.1. The molecule has 85 heavy (non-hydrogen) atoms. The van der Waals surface area contributed by atoms with Crippen molar-refractivity contribution in [1.82, 2.24) is 0 Å². The molecule has 0 aromatic carbocycles. The Morgan fingerprint density at radius 1 is 0.400 bits per heavy atom. The number of hydrogen-bond donors (Lipinski definition) is 3. The van der Waals surface area contributed by atoms with Crippen molar-refractivity contribution >= 4 is 23.9 Å². The average molecular weight is 1190 g/mol. The summed E-state index contributed by atoms with van der Waals surface area (Å²) >= 11 is 0. The van der Waals surface area contributed by atoms with E-state index in [-0.39, 0.29) is 25.9 Å². The molecule has 12 nitrogen and oxygen atoms in total. The van der Waals surface area contributed by atoms with Crippen LogP contribution in [0.2, 0.25) is 0 Å². The molecule has 3 N–H and O–H groups in total. The normalized spacial score (nSPS) is 18.3. The minimum atomic E-state index is -1.92. The molecule has 1 aliphatic rings. The molecule has 0 spiro atoms. The van der Waals surface area contributed by atoms with Gasteiger partial charge in [0.25, 0.3) is 0 Å². The lowest BCUT2D eigenvalue weighted by molar-refractivity contribution is -0.301. The number of aliphatic hydroxyl groups is 2. The van der Waals surface area contributed by atoms with Crippen molar-refractivity contribution in [2.24, 2.45) is 0 Å². The molecule has 1 aliphatic heterocycles. The van der Waals surface area contributed by atoms with Gasteiger partial charge in [0.05, 0.1) is 6.61 Å². The molecular formula is C73H116O12. The van der Waals surface area contributed by atoms with Gasteiger partial charge in [-0.05, 0) is 135 Å². The van der Waals surface area contributed by atoms with Crippen LogP contribution in [0.3, 0.4) is 0 Å². The topological polar surface area (TPSA) is 175 Å². The Kier molecular flexibility index (Phi) is 54.2. The second-order valence-corrected chi connectivity index (χ2v) is 22.0. The van der Waals surface area contributed by atoms with Crippen LogP contribution in [-0.2, 0) is 42.9 Å². The van der Waals surface area contributed by atoms with Crippen LogP contribution in [0, 0.1) is 0 Å². The van der Waals surface area contributed by atoms with Gasteiger partial charge < -0.3 is 39.0 Å². The smallest absolute Gasteiger partial charge is 0.335 e. The highest BCUT2D eigenvalue weighted by Crippen LogP contribution is 2.26. The maximum Gasteiger partial charge on any atom is 0.335 e. The summed E-state index contributed by atoms with van der Waals surface area (Å²) in [4.78, 5) is 51.4. The molecular weight excluding hydrogens is 1070 g/mol. The molecule has 6 atom stereocenters. The molecule has 1 rings (SSSR count). The van der Waals surface area contributed by atoms with E-state index in [2.05, 4.69) is 154 Å². The van der Waals surface area contributed by atoms with Gasteiger partial charge in [0.1, 0.15) is 18.8 Å². The fourth-order valence-electron chi connectivity index (χ4n) is 9.18. The van der Waals surface area contributed by atoms with E-state index in [1.807, 2.05) is 0 Å². The largest absolute Gasteiger partial charge is 0.479 e. The summed E-state index contributed by atoms with van der Waals surface area (Å²) in [5.41, 5.74) is 0. The fraction of sp³-hybridized carbons (Fsp3) is 0.644. The molecule has 0 amide bonds. The van der Waals surface area contributed by atoms with Crippen LogP contribution in [0.5, 0.6) is 0 Å². The minimum absolute atomic E-state index is 0.0422. The van der Waals surface area contributed by atoms with Gasteiger partial charge in [-0.15, -0.1) is 0 Å². The van der Waals surface area contributed by atoms with Crippen molar-refractivity contribution < 1.29 is 58.2 Å². The molecule has 12 heteroatoms. The van der Waals surface area contributed by atoms with E-state index < -0.39 is 67.3 Å². The Labute approximate surface area is 515 Å². The molecule has 1 heterocycles. The Bertz CT molecular complexity index is 1990. The Morgan fingerprint density at radius 2 is 0.741 bits per heavy atom. The lowest BCUT2D eigenvalue weighted by Gasteiger charge is -2.40. The van der Waals surface area contributed by atoms with Crippen molar-refractivity contribution in [3.8, 4) is 0 Å². The third kappa shape index (κ3) is 48.6. The molecule has 0 radical (unpaired) electrons. The summed E-state index contributed by atoms with van der Waals surface area (Å²) in [6.07, 6.45) is 71.1. The van der Waals surface area contributed by atoms with E-state index in [4.69, 9.17) is 23.7 Å². The van der Waals surface area contributed by atoms with Crippen LogP contribution in [-0.4, -0.2) is 89.2 Å². The highest BCUT2D eigenvalue weighted by molar-refractivity contribution is 5.74. The second kappa shape index (κ2) is 59.2. The SMILES string of the molecule is CC/C=C\C/C=C\C/C=C\C/C=C\C/C=C\CCCCCC(=O)OCC(COC1OC(C(=O)O)C(O)C(O)C1OC(=O)CCCCCCCCCCC/C=C\C/C=C\CCCCC)OC(=O)CCCCCC/C=C\C/C=C\C/C=C\C/C=C\CC. The Balaban J connectivity index is 2.70. The number of aliphatic hydroxyl groups excluding tert-OH is 2. The van der Waals surface area contributed by atoms with Crippen LogP contribution in [0.1, 0.15) is 252 Å². The van der Waals surface area contributed by atoms with Crippen molar-refractivity contribution in [3.63, 3.8) is 0 Å². The van der Waals surface area contributed by atoms with E-state index in [0.29, 0.717) is 19.3 Å². The van der Waals surface area contributed by atoms with Crippen molar-refractivity contribution in [2.75, 3.05) is 13.2 Å². The molecule has 480 valence electrons. The average Bonchev–Trinajstić information content (AvgIpc) is 3.51. The van der Waals surface area contributed by atoms with Crippen LogP contribution in [0.25, 0.3) is 0 Å². The number of hydrogen-bond acceptors (Lipinski definition) is 11. The van der Waals surface area contributed by atoms with Crippen LogP contribution < -0.4 is 0 Å². The molecule has 0 aromatic rings. The number of carbonyl (C=O) groups is 4. The molecule has 1 fully saturated rings. The molecule has 0 aromatic heterocycles. The number of ether oxygens (including phenoxy) is 5. The van der Waals surface area contributed by atoms with Crippen molar-refractivity contribution in [3.05, 3.63) is 134 Å². The van der Waals surface area contributed by atoms with E-state index in [0.717, 1.165) is 141 Å². The summed E-state index contributed by atoms with van der Waals surface area (Å²) in [5.74, 6) is -3.21. The van der Waals surface area contributed by atoms with Crippen molar-refractivity contribution in [2.45, 2.75) is 289 Å². The fourth-order valence-corrected chi connectivity index (χ4v) is 9.18. The maximum absolute atomic E-state index is 13.2. The maximum atomic E-state index is 13.2. The molecule has 0 bridgehead atoms. The lowest BCUT2D eigenvalue weighted by atomic mass is 9.98. The zero-order valence-electron chi connectivity index (χ0n) is 53.1. The van der Waals surface area contributed by atoms with Crippen LogP contribution in [0.4, 0.5) is 0 Å². The standard InChI is InChI=1S/C73H116O12/c1-4-7-10-13-16-19-22-25-28-31-33-36-38-41-44-47-50-53-56-59-65(74)81-62-64(83-66(75)60-57-54-51-48-45-42-39-35-30-27-24-21-18-15-12-9-6-3)63-82-73-71(69(78)68(77)70(85-73)72(79)80)84-67(76)61-58-55-52-49-46-43-40-37-34-32-29-26-23-20-17-14-11-8-5-2/h7,9-10,12,16-21,25-30,33,36,39,41-42,44,64,68-71,73,77-78H,4-6,8,11,13-15,22-24,31-32,34-35,37-38,40,43,45-63H2,1-3H3,(H,79,80)/b10-7-,12-9-,19-16-,20-17-,21-18-,28-25-,29-26-,30-27-,36-33-,42-39-,44-41-. The number of allylic oxidation sites excluding steroid dienone is 22. The predicted octanol–water partition coefficient (Wildman–Crippen LogP) is 18.1. The first-order valence-electron chi connectivity index (χ1n) is 33.2. The quantitative estimate of drug-likeness (QED) is 0.0228. The number of esters is 3. The zero-order chi connectivity index (χ0) is 61.7. The number of unbranched alkanes of at least 4 members (excludes halogenated alkanes) is 19. The van der Waals surface area contributed by atoms with E-state index >= 15 is 0 Å². The van der Waals surface area contributed by atoms with Gasteiger partial charge in [-0.25, -0.2) is 4.79 Å². The number of aliphatic carboxylic acids is 1. The summed E-state index contributed by atoms with van der Waals surface area (Å²) in [6, 6.07) is 0. The molecule has 6 unspecified atom stereocenters. The molecule has 0 saturated carbocycles. The predicted molar refractivity (Wildman–Crippen MR) is 349 cm³/mol. The first-order valence-corrected chi connectivity index (χ1v) is 33.2. The monoisotopic (exact) mass is 1180 g/mol. The molecule has 0 aliphatic carbocycles. The van der Waals surface area contributed by atoms with Gasteiger partial charge in [0, 0.05) is 19.3 Å². The number of carboxylic acid groups (broad SMARTS) is 1. The third-order valence-electron chi connectivity index (χ3n) is 14.2. The summed E-state index contributed by atoms with van der Waals surface area (Å²) in [6.45, 7) is 5.71. The molecule has 1 saturated heterocycles. The summed E-state index contributed by atoms with van der Waals surface area (Å²) in [5, 5.41) is 31.6. The Hall–Kier alpha value is -5.14. The van der Waals surface area contributed by atoms with Gasteiger partial charge in [0.15, 0.2) is 24.6 Å². The minimum Gasteiger partial charge on any atom is -0.479 e. The van der Waals surface area contributed by atoms with Gasteiger partial charge in [-0.3, -0.25) is 14.4 Å². The summed E-state index contributed by atoms with van der Waals surface area (Å²) in [7, 11) is 0. The van der Waals surface area contributed by atoms with Gasteiger partial charge in [-0.1, -0.05) is 231 Å². The Morgan fingerprint density at radius 3 is 1.14 bits per heavy atom. The highest BCUT2D eigenvalue weighted by atomic mass is 16.7. The second-order valence-electron chi connectivity index (χ2n) is 22.0. The number of carbonyl (C=O) groups excluding carboxylic acids is 3. The van der Waals surface area contributed by atoms with E-state index in [9.17, 15) is 34.5 Å². The first kappa shape index (κ1) is 77.9. The number of rotatable bonds is 55. The first-order chi connectivity index (χ1) is 41.6. The van der Waals surface area contributed by atoms with E-state index in [1.165, 1.54) is 51.4 Å². The highest BCUT2D eigenvalue weighted by Gasteiger charge is 2.50. The van der Waals surface area contributed by atoms with Crippen LogP contribution in [0.15, 0.2) is 134 Å². The lowest BCUT2D eigenvalue weighted by Crippen LogP contribution is -2.61.